The Morgan fingerprint density at radius 3 is 2.42 bits per heavy atom. The third kappa shape index (κ3) is 3.23. The lowest BCUT2D eigenvalue weighted by Gasteiger charge is -2.36. The van der Waals surface area contributed by atoms with E-state index in [4.69, 9.17) is 9.72 Å². The van der Waals surface area contributed by atoms with E-state index in [0.717, 1.165) is 46.0 Å². The molecule has 0 amide bonds. The number of aromatic nitrogens is 2. The number of nitrogens with one attached hydrogen (secondary N) is 1. The highest BCUT2D eigenvalue weighted by Gasteiger charge is 2.39. The molecule has 2 atom stereocenters. The number of aryl methyl sites for hydroxylation is 1. The molecule has 1 N–H and O–H groups in total. The largest absolute Gasteiger partial charge is 0.497 e. The average molecular weight is 436 g/mol. The zero-order chi connectivity index (χ0) is 22.5. The van der Waals surface area contributed by atoms with Gasteiger partial charge in [0.15, 0.2) is 5.78 Å². The minimum Gasteiger partial charge on any atom is -0.497 e. The number of para-hydroxylation sites is 2. The minimum absolute atomic E-state index is 0.164. The minimum atomic E-state index is -0.221. The van der Waals surface area contributed by atoms with E-state index >= 15 is 0 Å². The van der Waals surface area contributed by atoms with Gasteiger partial charge >= 0.3 is 0 Å². The Labute approximate surface area is 192 Å². The molecule has 164 valence electrons. The molecule has 1 aromatic heterocycles. The van der Waals surface area contributed by atoms with E-state index in [9.17, 15) is 4.79 Å². The summed E-state index contributed by atoms with van der Waals surface area (Å²) in [5, 5.41) is 3.54. The summed E-state index contributed by atoms with van der Waals surface area (Å²) >= 11 is 0. The Bertz CT molecular complexity index is 1400. The van der Waals surface area contributed by atoms with Crippen LogP contribution >= 0.6 is 0 Å². The van der Waals surface area contributed by atoms with Crippen molar-refractivity contribution in [1.82, 2.24) is 9.55 Å². The number of hydrogen-bond acceptors (Lipinski definition) is 4. The van der Waals surface area contributed by atoms with Gasteiger partial charge in [0.25, 0.3) is 0 Å². The number of carbonyl (C=O) groups is 1. The lowest BCUT2D eigenvalue weighted by atomic mass is 9.77. The normalized spacial score (nSPS) is 19.8. The van der Waals surface area contributed by atoms with E-state index in [-0.39, 0.29) is 17.7 Å². The van der Waals surface area contributed by atoms with Crippen LogP contribution < -0.4 is 10.1 Å². The van der Waals surface area contributed by atoms with Gasteiger partial charge in [-0.25, -0.2) is 4.98 Å². The van der Waals surface area contributed by atoms with Crippen molar-refractivity contribution in [3.8, 4) is 5.75 Å². The van der Waals surface area contributed by atoms with Crippen LogP contribution in [0.1, 0.15) is 41.5 Å². The van der Waals surface area contributed by atoms with Crippen molar-refractivity contribution in [3.05, 3.63) is 101 Å². The molecule has 2 unspecified atom stereocenters. The average Bonchev–Trinajstić information content (AvgIpc) is 3.21. The highest BCUT2D eigenvalue weighted by molar-refractivity contribution is 6.01. The number of hydrogen-bond donors (Lipinski definition) is 1. The van der Waals surface area contributed by atoms with Crippen molar-refractivity contribution in [2.75, 3.05) is 12.4 Å². The first-order valence-corrected chi connectivity index (χ1v) is 11.3. The van der Waals surface area contributed by atoms with E-state index in [1.807, 2.05) is 30.3 Å². The lowest BCUT2D eigenvalue weighted by Crippen LogP contribution is -2.33. The topological polar surface area (TPSA) is 56.1 Å². The fourth-order valence-electron chi connectivity index (χ4n) is 5.20. The molecule has 0 spiro atoms. The van der Waals surface area contributed by atoms with Crippen LogP contribution in [0.5, 0.6) is 5.75 Å². The molecule has 33 heavy (non-hydrogen) atoms. The highest BCUT2D eigenvalue weighted by atomic mass is 16.5. The molecule has 3 aromatic carbocycles. The van der Waals surface area contributed by atoms with Gasteiger partial charge < -0.3 is 10.1 Å². The van der Waals surface area contributed by atoms with Crippen molar-refractivity contribution in [1.29, 1.82) is 0 Å². The van der Waals surface area contributed by atoms with Crippen LogP contribution in [0.2, 0.25) is 0 Å². The van der Waals surface area contributed by atoms with Gasteiger partial charge in [0.2, 0.25) is 5.95 Å². The van der Waals surface area contributed by atoms with Crippen LogP contribution in [0.25, 0.3) is 11.0 Å². The summed E-state index contributed by atoms with van der Waals surface area (Å²) in [6.07, 6.45) is 1.30. The number of imidazole rings is 1. The maximum Gasteiger partial charge on any atom is 0.209 e. The second-order valence-electron chi connectivity index (χ2n) is 8.93. The second-order valence-corrected chi connectivity index (χ2v) is 8.93. The molecule has 0 bridgehead atoms. The molecule has 1 aliphatic carbocycles. The smallest absolute Gasteiger partial charge is 0.209 e. The Morgan fingerprint density at radius 2 is 1.67 bits per heavy atom. The van der Waals surface area contributed by atoms with Crippen LogP contribution in [0.4, 0.5) is 5.95 Å². The molecule has 6 rings (SSSR count). The predicted molar refractivity (Wildman–Crippen MR) is 130 cm³/mol. The van der Waals surface area contributed by atoms with Gasteiger partial charge in [-0.15, -0.1) is 0 Å². The molecule has 0 saturated heterocycles. The van der Waals surface area contributed by atoms with Crippen LogP contribution in [0, 0.1) is 6.92 Å². The van der Waals surface area contributed by atoms with E-state index in [2.05, 4.69) is 59.3 Å². The summed E-state index contributed by atoms with van der Waals surface area (Å²) in [4.78, 5) is 18.6. The lowest BCUT2D eigenvalue weighted by molar-refractivity contribution is -0.116. The number of benzene rings is 3. The van der Waals surface area contributed by atoms with Gasteiger partial charge in [0.1, 0.15) is 5.75 Å². The van der Waals surface area contributed by atoms with Crippen molar-refractivity contribution in [2.45, 2.75) is 31.7 Å². The molecular weight excluding hydrogens is 410 g/mol. The molecule has 4 aromatic rings. The first kappa shape index (κ1) is 19.8. The van der Waals surface area contributed by atoms with E-state index in [0.29, 0.717) is 6.42 Å². The van der Waals surface area contributed by atoms with Gasteiger partial charge in [-0.3, -0.25) is 9.36 Å². The molecule has 5 nitrogen and oxygen atoms in total. The van der Waals surface area contributed by atoms with Crippen molar-refractivity contribution in [3.63, 3.8) is 0 Å². The Hall–Kier alpha value is -3.86. The number of rotatable bonds is 3. The summed E-state index contributed by atoms with van der Waals surface area (Å²) in [5.74, 6) is 1.94. The SMILES string of the molecule is COc1ccc(C2C3=C(CC(c4ccc(C)cc4)CC3=O)Nc3nc4ccccc4n32)cc1. The number of ether oxygens (including phenoxy) is 1. The maximum atomic E-state index is 13.7. The monoisotopic (exact) mass is 435 g/mol. The van der Waals surface area contributed by atoms with Crippen LogP contribution in [-0.4, -0.2) is 22.4 Å². The summed E-state index contributed by atoms with van der Waals surface area (Å²) in [7, 11) is 1.66. The Balaban J connectivity index is 1.50. The van der Waals surface area contributed by atoms with Crippen molar-refractivity contribution < 1.29 is 9.53 Å². The van der Waals surface area contributed by atoms with Crippen LogP contribution in [-0.2, 0) is 4.79 Å². The second kappa shape index (κ2) is 7.62. The summed E-state index contributed by atoms with van der Waals surface area (Å²) < 4.78 is 7.54. The predicted octanol–water partition coefficient (Wildman–Crippen LogP) is 5.77. The fraction of sp³-hybridized carbons (Fsp3) is 0.214. The number of Topliss-reactive ketones (excluding diaryl/α,β-unsaturated/α-hetero) is 1. The number of ketones is 1. The maximum absolute atomic E-state index is 13.7. The van der Waals surface area contributed by atoms with Gasteiger partial charge in [-0.1, -0.05) is 54.1 Å². The van der Waals surface area contributed by atoms with Crippen LogP contribution in [0.15, 0.2) is 84.1 Å². The first-order valence-electron chi connectivity index (χ1n) is 11.3. The summed E-state index contributed by atoms with van der Waals surface area (Å²) in [5.41, 5.74) is 7.25. The third-order valence-corrected chi connectivity index (χ3v) is 6.88. The number of nitrogens with zero attached hydrogens (tertiary/aromatic N) is 2. The number of anilines is 1. The van der Waals surface area contributed by atoms with E-state index in [1.54, 1.807) is 7.11 Å². The molecule has 5 heteroatoms. The number of allylic oxidation sites excluding steroid dienone is 2. The molecule has 2 heterocycles. The standard InChI is InChI=1S/C28H25N3O2/c1-17-7-9-18(10-8-17)20-15-23-26(25(32)16-20)27(19-11-13-21(33-2)14-12-19)31-24-6-4-3-5-22(24)29-28(31)30-23/h3-14,20,27H,15-16H2,1-2H3,(H,29,30). The Kier molecular flexibility index (Phi) is 4.57. The van der Waals surface area contributed by atoms with Crippen molar-refractivity contribution in [2.24, 2.45) is 0 Å². The molecule has 0 radical (unpaired) electrons. The number of fused-ring (bicyclic) bond motifs is 3. The molecular formula is C28H25N3O2. The summed E-state index contributed by atoms with van der Waals surface area (Å²) in [6, 6.07) is 24.4. The van der Waals surface area contributed by atoms with Crippen molar-refractivity contribution >= 4 is 22.8 Å². The third-order valence-electron chi connectivity index (χ3n) is 6.88. The number of carbonyl (C=O) groups excluding carboxylic acids is 1. The fourth-order valence-corrected chi connectivity index (χ4v) is 5.20. The van der Waals surface area contributed by atoms with Crippen LogP contribution in [0.3, 0.4) is 0 Å². The quantitative estimate of drug-likeness (QED) is 0.444. The Morgan fingerprint density at radius 1 is 0.939 bits per heavy atom. The summed E-state index contributed by atoms with van der Waals surface area (Å²) in [6.45, 7) is 2.09. The zero-order valence-corrected chi connectivity index (χ0v) is 18.7. The van der Waals surface area contributed by atoms with Gasteiger partial charge in [-0.2, -0.15) is 0 Å². The number of methoxy groups -OCH3 is 1. The van der Waals surface area contributed by atoms with Gasteiger partial charge in [0.05, 0.1) is 24.2 Å². The van der Waals surface area contributed by atoms with Gasteiger partial charge in [0, 0.05) is 17.7 Å². The highest BCUT2D eigenvalue weighted by Crippen LogP contribution is 2.46. The molecule has 1 aliphatic heterocycles. The van der Waals surface area contributed by atoms with E-state index < -0.39 is 0 Å². The molecule has 0 saturated carbocycles. The van der Waals surface area contributed by atoms with Gasteiger partial charge in [-0.05, 0) is 54.7 Å². The van der Waals surface area contributed by atoms with E-state index in [1.165, 1.54) is 11.1 Å². The first-order chi connectivity index (χ1) is 16.1. The molecule has 2 aliphatic rings. The molecule has 0 fully saturated rings. The zero-order valence-electron chi connectivity index (χ0n) is 18.7.